The topological polar surface area (TPSA) is 74.0 Å². The van der Waals surface area contributed by atoms with Crippen molar-refractivity contribution in [3.05, 3.63) is 79.9 Å². The van der Waals surface area contributed by atoms with E-state index in [1.54, 1.807) is 24.4 Å². The summed E-state index contributed by atoms with van der Waals surface area (Å²) in [6.45, 7) is 4.23. The van der Waals surface area contributed by atoms with Crippen LogP contribution < -0.4 is 4.74 Å². The van der Waals surface area contributed by atoms with Crippen LogP contribution in [0.15, 0.2) is 60.3 Å². The minimum atomic E-state index is -0.440. The number of halogens is 1. The second-order valence-corrected chi connectivity index (χ2v) is 5.89. The Hall–Kier alpha value is -2.42. The first-order chi connectivity index (χ1) is 11.6. The normalized spacial score (nSPS) is 10.5. The van der Waals surface area contributed by atoms with E-state index >= 15 is 0 Å². The Morgan fingerprint density at radius 1 is 1.29 bits per heavy atom. The molecule has 0 aliphatic heterocycles. The van der Waals surface area contributed by atoms with Gasteiger partial charge < -0.3 is 9.57 Å². The van der Waals surface area contributed by atoms with E-state index in [0.29, 0.717) is 12.2 Å². The average Bonchev–Trinajstić information content (AvgIpc) is 2.58. The fraction of sp³-hybridized carbons (Fsp3) is 0.118. The third-order valence-electron chi connectivity index (χ3n) is 2.94. The van der Waals surface area contributed by atoms with Crippen molar-refractivity contribution in [2.45, 2.75) is 6.61 Å². The van der Waals surface area contributed by atoms with Gasteiger partial charge in [0.05, 0.1) is 14.7 Å². The van der Waals surface area contributed by atoms with Crippen molar-refractivity contribution in [3.8, 4) is 5.75 Å². The van der Waals surface area contributed by atoms with Crippen LogP contribution in [0.2, 0.25) is 0 Å². The highest BCUT2D eigenvalue weighted by Gasteiger charge is 2.05. The van der Waals surface area contributed by atoms with Gasteiger partial charge >= 0.3 is 0 Å². The molecule has 2 aromatic carbocycles. The fourth-order valence-electron chi connectivity index (χ4n) is 1.83. The van der Waals surface area contributed by atoms with Gasteiger partial charge in [-0.2, -0.15) is 0 Å². The molecule has 6 nitrogen and oxygen atoms in total. The lowest BCUT2D eigenvalue weighted by Gasteiger charge is -2.06. The summed E-state index contributed by atoms with van der Waals surface area (Å²) < 4.78 is 6.45. The molecule has 2 rings (SSSR count). The Bertz CT molecular complexity index is 762. The highest BCUT2D eigenvalue weighted by molar-refractivity contribution is 14.1. The quantitative estimate of drug-likeness (QED) is 0.202. The lowest BCUT2D eigenvalue weighted by Crippen LogP contribution is -1.96. The van der Waals surface area contributed by atoms with Gasteiger partial charge in [-0.05, 0) is 51.9 Å². The molecule has 0 aliphatic carbocycles. The molecule has 0 amide bonds. The Labute approximate surface area is 153 Å². The van der Waals surface area contributed by atoms with Crippen LogP contribution in [-0.2, 0) is 11.4 Å². The van der Waals surface area contributed by atoms with Crippen LogP contribution in [0.1, 0.15) is 11.1 Å². The second-order valence-electron chi connectivity index (χ2n) is 4.72. The van der Waals surface area contributed by atoms with E-state index in [4.69, 9.17) is 9.57 Å². The van der Waals surface area contributed by atoms with Gasteiger partial charge in [-0.3, -0.25) is 10.1 Å². The molecule has 0 fully saturated rings. The molecule has 0 unspecified atom stereocenters. The first-order valence-corrected chi connectivity index (χ1v) is 8.10. The van der Waals surface area contributed by atoms with Crippen LogP contribution in [0, 0.1) is 13.7 Å². The van der Waals surface area contributed by atoms with Gasteiger partial charge in [0.1, 0.15) is 19.0 Å². The zero-order chi connectivity index (χ0) is 17.4. The fourth-order valence-corrected chi connectivity index (χ4v) is 2.53. The van der Waals surface area contributed by atoms with Crippen LogP contribution in [0.4, 0.5) is 5.69 Å². The molecular weight excluding hydrogens is 423 g/mol. The summed E-state index contributed by atoms with van der Waals surface area (Å²) in [7, 11) is 0. The van der Waals surface area contributed by atoms with Crippen LogP contribution in [-0.4, -0.2) is 17.7 Å². The number of rotatable bonds is 8. The predicted octanol–water partition coefficient (Wildman–Crippen LogP) is 4.31. The number of non-ortho nitro benzene ring substituents is 1. The standard InChI is InChI=1S/C17H15IN2O4/c1-2-8-23-17-7-6-13(10-16(17)18)11-19-24-12-14-4-3-5-15(9-14)20(21)22/h2-7,9-11H,1,8,12H2/b19-11-. The number of oxime groups is 1. The molecule has 124 valence electrons. The Morgan fingerprint density at radius 2 is 2.12 bits per heavy atom. The van der Waals surface area contributed by atoms with Gasteiger partial charge in [0.15, 0.2) is 0 Å². The number of hydrogen-bond donors (Lipinski definition) is 0. The molecule has 0 saturated carbocycles. The number of benzene rings is 2. The molecule has 0 atom stereocenters. The lowest BCUT2D eigenvalue weighted by molar-refractivity contribution is -0.384. The Morgan fingerprint density at radius 3 is 2.83 bits per heavy atom. The molecule has 0 saturated heterocycles. The van der Waals surface area contributed by atoms with Crippen molar-refractivity contribution in [1.82, 2.24) is 0 Å². The van der Waals surface area contributed by atoms with Crippen molar-refractivity contribution < 1.29 is 14.5 Å². The van der Waals surface area contributed by atoms with Gasteiger partial charge in [-0.1, -0.05) is 29.9 Å². The van der Waals surface area contributed by atoms with Gasteiger partial charge in [-0.15, -0.1) is 0 Å². The summed E-state index contributed by atoms with van der Waals surface area (Å²) in [4.78, 5) is 15.5. The third kappa shape index (κ3) is 5.34. The Balaban J connectivity index is 1.92. The summed E-state index contributed by atoms with van der Waals surface area (Å²) in [6.07, 6.45) is 3.27. The highest BCUT2D eigenvalue weighted by Crippen LogP contribution is 2.21. The minimum absolute atomic E-state index is 0.0322. The largest absolute Gasteiger partial charge is 0.488 e. The van der Waals surface area contributed by atoms with Crippen molar-refractivity contribution in [1.29, 1.82) is 0 Å². The maximum Gasteiger partial charge on any atom is 0.269 e. The van der Waals surface area contributed by atoms with E-state index < -0.39 is 4.92 Å². The number of nitro benzene ring substituents is 1. The van der Waals surface area contributed by atoms with E-state index in [-0.39, 0.29) is 12.3 Å². The van der Waals surface area contributed by atoms with Crippen molar-refractivity contribution in [2.24, 2.45) is 5.16 Å². The molecule has 24 heavy (non-hydrogen) atoms. The van der Waals surface area contributed by atoms with Crippen molar-refractivity contribution >= 4 is 34.5 Å². The number of hydrogen-bond acceptors (Lipinski definition) is 5. The van der Waals surface area contributed by atoms with Gasteiger partial charge in [0.2, 0.25) is 0 Å². The van der Waals surface area contributed by atoms with Gasteiger partial charge in [0.25, 0.3) is 5.69 Å². The molecule has 7 heteroatoms. The minimum Gasteiger partial charge on any atom is -0.488 e. The molecule has 0 N–H and O–H groups in total. The van der Waals surface area contributed by atoms with E-state index in [2.05, 4.69) is 34.3 Å². The zero-order valence-electron chi connectivity index (χ0n) is 12.7. The third-order valence-corrected chi connectivity index (χ3v) is 3.78. The summed E-state index contributed by atoms with van der Waals surface area (Å²) >= 11 is 2.18. The summed E-state index contributed by atoms with van der Waals surface area (Å²) in [5, 5.41) is 14.6. The zero-order valence-corrected chi connectivity index (χ0v) is 14.9. The first kappa shape index (κ1) is 17.9. The van der Waals surface area contributed by atoms with E-state index in [1.807, 2.05) is 18.2 Å². The molecule has 0 heterocycles. The van der Waals surface area contributed by atoms with Crippen molar-refractivity contribution in [3.63, 3.8) is 0 Å². The maximum atomic E-state index is 10.7. The predicted molar refractivity (Wildman–Crippen MR) is 100 cm³/mol. The molecule has 2 aromatic rings. The molecule has 0 bridgehead atoms. The Kier molecular flexibility index (Phi) is 6.74. The molecular formula is C17H15IN2O4. The monoisotopic (exact) mass is 438 g/mol. The van der Waals surface area contributed by atoms with E-state index in [9.17, 15) is 10.1 Å². The van der Waals surface area contributed by atoms with Crippen LogP contribution in [0.3, 0.4) is 0 Å². The van der Waals surface area contributed by atoms with Crippen LogP contribution in [0.5, 0.6) is 5.75 Å². The maximum absolute atomic E-state index is 10.7. The van der Waals surface area contributed by atoms with E-state index in [0.717, 1.165) is 14.9 Å². The number of nitro groups is 1. The van der Waals surface area contributed by atoms with Crippen LogP contribution >= 0.6 is 22.6 Å². The number of ether oxygens (including phenoxy) is 1. The SMILES string of the molecule is C=CCOc1ccc(/C=N\OCc2cccc([N+](=O)[O-])c2)cc1I. The van der Waals surface area contributed by atoms with Gasteiger partial charge in [-0.25, -0.2) is 0 Å². The smallest absolute Gasteiger partial charge is 0.269 e. The summed E-state index contributed by atoms with van der Waals surface area (Å²) in [6, 6.07) is 11.9. The second kappa shape index (κ2) is 9.02. The van der Waals surface area contributed by atoms with Crippen LogP contribution in [0.25, 0.3) is 0 Å². The average molecular weight is 438 g/mol. The first-order valence-electron chi connectivity index (χ1n) is 7.02. The summed E-state index contributed by atoms with van der Waals surface area (Å²) in [5.74, 6) is 0.783. The lowest BCUT2D eigenvalue weighted by atomic mass is 10.2. The van der Waals surface area contributed by atoms with Crippen molar-refractivity contribution in [2.75, 3.05) is 6.61 Å². The molecule has 0 spiro atoms. The molecule has 0 aliphatic rings. The highest BCUT2D eigenvalue weighted by atomic mass is 127. The number of nitrogens with zero attached hydrogens (tertiary/aromatic N) is 2. The van der Waals surface area contributed by atoms with E-state index in [1.165, 1.54) is 12.1 Å². The van der Waals surface area contributed by atoms with Gasteiger partial charge in [0, 0.05) is 12.1 Å². The molecule has 0 aromatic heterocycles. The molecule has 0 radical (unpaired) electrons. The summed E-state index contributed by atoms with van der Waals surface area (Å²) in [5.41, 5.74) is 1.58.